The van der Waals surface area contributed by atoms with Crippen molar-refractivity contribution in [3.05, 3.63) is 71.7 Å². The number of benzene rings is 2. The van der Waals surface area contributed by atoms with Gasteiger partial charge in [0.1, 0.15) is 5.82 Å². The summed E-state index contributed by atoms with van der Waals surface area (Å²) in [5, 5.41) is 4.37. The van der Waals surface area contributed by atoms with Gasteiger partial charge in [-0.2, -0.15) is 4.99 Å². The van der Waals surface area contributed by atoms with E-state index < -0.39 is 5.41 Å². The first-order valence-corrected chi connectivity index (χ1v) is 12.1. The zero-order chi connectivity index (χ0) is 24.3. The molecule has 0 aliphatic carbocycles. The molecule has 3 aromatic rings. The van der Waals surface area contributed by atoms with Crippen LogP contribution in [-0.2, 0) is 14.9 Å². The zero-order valence-electron chi connectivity index (χ0n) is 20.2. The molecule has 0 N–H and O–H groups in total. The molecule has 0 amide bonds. The van der Waals surface area contributed by atoms with Crippen LogP contribution in [0.15, 0.2) is 64.1 Å². The Morgan fingerprint density at radius 2 is 1.49 bits per heavy atom. The van der Waals surface area contributed by atoms with Crippen LogP contribution in [0.4, 0.5) is 10.3 Å². The van der Waals surface area contributed by atoms with Crippen molar-refractivity contribution in [2.75, 3.05) is 52.6 Å². The fourth-order valence-corrected chi connectivity index (χ4v) is 4.49. The third-order valence-corrected chi connectivity index (χ3v) is 6.73. The summed E-state index contributed by atoms with van der Waals surface area (Å²) < 4.78 is 30.9. The molecule has 0 spiro atoms. The normalized spacial score (nSPS) is 16.9. The molecule has 2 aliphatic heterocycles. The van der Waals surface area contributed by atoms with E-state index in [9.17, 15) is 4.39 Å². The summed E-state index contributed by atoms with van der Waals surface area (Å²) in [7, 11) is 0. The highest BCUT2D eigenvalue weighted by molar-refractivity contribution is 5.82. The first-order chi connectivity index (χ1) is 17.0. The van der Waals surface area contributed by atoms with Crippen molar-refractivity contribution in [1.82, 2.24) is 15.0 Å². The van der Waals surface area contributed by atoms with Crippen molar-refractivity contribution in [3.63, 3.8) is 0 Å². The standard InChI is InChI=1S/C27H31FN4O3/c1-27(2,21-9-7-20(8-10-21)22-5-3-4-6-23(22)28)24-19-25(35-30-24)29-26(31-11-15-33-16-12-31)32-13-17-34-18-14-32/h3-10,19H,11-18H2,1-2H3. The largest absolute Gasteiger partial charge is 0.378 e. The number of hydrogen-bond donors (Lipinski definition) is 0. The Kier molecular flexibility index (Phi) is 6.83. The Bertz CT molecular complexity index is 1140. The van der Waals surface area contributed by atoms with E-state index in [1.165, 1.54) is 6.07 Å². The smallest absolute Gasteiger partial charge is 0.253 e. The number of halogens is 1. The quantitative estimate of drug-likeness (QED) is 0.408. The second-order valence-corrected chi connectivity index (χ2v) is 9.34. The van der Waals surface area contributed by atoms with E-state index in [0.29, 0.717) is 37.9 Å². The highest BCUT2D eigenvalue weighted by atomic mass is 19.1. The maximum Gasteiger partial charge on any atom is 0.253 e. The van der Waals surface area contributed by atoms with Gasteiger partial charge in [0.2, 0.25) is 5.96 Å². The number of rotatable bonds is 4. The van der Waals surface area contributed by atoms with Crippen LogP contribution >= 0.6 is 0 Å². The van der Waals surface area contributed by atoms with Crippen LogP contribution in [0.5, 0.6) is 0 Å². The van der Waals surface area contributed by atoms with Gasteiger partial charge >= 0.3 is 0 Å². The second-order valence-electron chi connectivity index (χ2n) is 9.34. The van der Waals surface area contributed by atoms with Gasteiger partial charge in [-0.25, -0.2) is 4.39 Å². The third-order valence-electron chi connectivity index (χ3n) is 6.73. The second kappa shape index (κ2) is 10.2. The molecule has 2 fully saturated rings. The molecule has 2 aliphatic rings. The lowest BCUT2D eigenvalue weighted by atomic mass is 9.81. The molecular weight excluding hydrogens is 447 g/mol. The summed E-state index contributed by atoms with van der Waals surface area (Å²) >= 11 is 0. The fraction of sp³-hybridized carbons (Fsp3) is 0.407. The molecular formula is C27H31FN4O3. The van der Waals surface area contributed by atoms with Crippen molar-refractivity contribution in [2.24, 2.45) is 4.99 Å². The van der Waals surface area contributed by atoms with Gasteiger partial charge in [0.05, 0.1) is 32.1 Å². The SMILES string of the molecule is CC(C)(c1ccc(-c2ccccc2F)cc1)c1cc(N=C(N2CCOCC2)N2CCOCC2)on1. The van der Waals surface area contributed by atoms with Crippen LogP contribution < -0.4 is 0 Å². The minimum absolute atomic E-state index is 0.227. The van der Waals surface area contributed by atoms with E-state index in [1.54, 1.807) is 12.1 Å². The van der Waals surface area contributed by atoms with Gasteiger partial charge in [-0.05, 0) is 17.2 Å². The molecule has 1 aromatic heterocycles. The van der Waals surface area contributed by atoms with Crippen LogP contribution in [0, 0.1) is 5.82 Å². The van der Waals surface area contributed by atoms with Gasteiger partial charge in [0.15, 0.2) is 0 Å². The number of ether oxygens (including phenoxy) is 2. The Hall–Kier alpha value is -3.23. The van der Waals surface area contributed by atoms with Crippen molar-refractivity contribution in [3.8, 4) is 11.1 Å². The molecule has 2 aromatic carbocycles. The fourth-order valence-electron chi connectivity index (χ4n) is 4.49. The van der Waals surface area contributed by atoms with Gasteiger partial charge in [-0.15, -0.1) is 0 Å². The van der Waals surface area contributed by atoms with E-state index in [4.69, 9.17) is 19.0 Å². The van der Waals surface area contributed by atoms with E-state index in [0.717, 1.165) is 49.0 Å². The van der Waals surface area contributed by atoms with Gasteiger partial charge < -0.3 is 23.8 Å². The van der Waals surface area contributed by atoms with E-state index in [1.807, 2.05) is 36.4 Å². The van der Waals surface area contributed by atoms with Crippen molar-refractivity contribution in [2.45, 2.75) is 19.3 Å². The first-order valence-electron chi connectivity index (χ1n) is 12.1. The molecule has 35 heavy (non-hydrogen) atoms. The van der Waals surface area contributed by atoms with E-state index in [2.05, 4.69) is 28.8 Å². The average Bonchev–Trinajstić information content (AvgIpc) is 3.38. The Balaban J connectivity index is 1.39. The summed E-state index contributed by atoms with van der Waals surface area (Å²) in [5.41, 5.74) is 2.87. The molecule has 7 nitrogen and oxygen atoms in total. The minimum Gasteiger partial charge on any atom is -0.378 e. The third kappa shape index (κ3) is 5.09. The number of aromatic nitrogens is 1. The van der Waals surface area contributed by atoms with Crippen LogP contribution in [0.1, 0.15) is 25.1 Å². The Labute approximate surface area is 205 Å². The predicted molar refractivity (Wildman–Crippen MR) is 132 cm³/mol. The molecule has 0 unspecified atom stereocenters. The highest BCUT2D eigenvalue weighted by Gasteiger charge is 2.29. The van der Waals surface area contributed by atoms with E-state index >= 15 is 0 Å². The van der Waals surface area contributed by atoms with Crippen LogP contribution in [0.25, 0.3) is 11.1 Å². The van der Waals surface area contributed by atoms with E-state index in [-0.39, 0.29) is 5.82 Å². The summed E-state index contributed by atoms with van der Waals surface area (Å²) in [5.74, 6) is 1.13. The summed E-state index contributed by atoms with van der Waals surface area (Å²) in [4.78, 5) is 9.36. The van der Waals surface area contributed by atoms with Crippen LogP contribution in [0.3, 0.4) is 0 Å². The molecule has 0 bridgehead atoms. The summed E-state index contributed by atoms with van der Waals surface area (Å²) in [6, 6.07) is 16.7. The molecule has 5 rings (SSSR count). The van der Waals surface area contributed by atoms with Crippen molar-refractivity contribution < 1.29 is 18.4 Å². The van der Waals surface area contributed by atoms with Crippen molar-refractivity contribution >= 4 is 11.8 Å². The predicted octanol–water partition coefficient (Wildman–Crippen LogP) is 4.46. The first kappa shape index (κ1) is 23.5. The topological polar surface area (TPSA) is 63.3 Å². The van der Waals surface area contributed by atoms with Gasteiger partial charge in [0.25, 0.3) is 5.88 Å². The van der Waals surface area contributed by atoms with Gasteiger partial charge in [-0.3, -0.25) is 0 Å². The lowest BCUT2D eigenvalue weighted by Gasteiger charge is -2.37. The average molecular weight is 479 g/mol. The molecule has 0 radical (unpaired) electrons. The minimum atomic E-state index is -0.414. The zero-order valence-corrected chi connectivity index (χ0v) is 20.2. The number of guanidine groups is 1. The number of nitrogens with zero attached hydrogens (tertiary/aromatic N) is 4. The number of hydrogen-bond acceptors (Lipinski definition) is 5. The number of morpholine rings is 2. The van der Waals surface area contributed by atoms with Crippen LogP contribution in [-0.4, -0.2) is 73.5 Å². The molecule has 184 valence electrons. The monoisotopic (exact) mass is 478 g/mol. The molecule has 2 saturated heterocycles. The summed E-state index contributed by atoms with van der Waals surface area (Å²) in [6.07, 6.45) is 0. The number of aliphatic imine (C=N–C) groups is 1. The molecule has 3 heterocycles. The van der Waals surface area contributed by atoms with Gasteiger partial charge in [-0.1, -0.05) is 61.5 Å². The lowest BCUT2D eigenvalue weighted by molar-refractivity contribution is 0.0421. The molecule has 0 atom stereocenters. The maximum atomic E-state index is 14.2. The Morgan fingerprint density at radius 1 is 0.886 bits per heavy atom. The van der Waals surface area contributed by atoms with Crippen LogP contribution in [0.2, 0.25) is 0 Å². The molecule has 0 saturated carbocycles. The molecule has 8 heteroatoms. The lowest BCUT2D eigenvalue weighted by Crippen LogP contribution is -2.52. The maximum absolute atomic E-state index is 14.2. The summed E-state index contributed by atoms with van der Waals surface area (Å²) in [6.45, 7) is 10.1. The Morgan fingerprint density at radius 3 is 2.09 bits per heavy atom. The van der Waals surface area contributed by atoms with Gasteiger partial charge in [0, 0.05) is 43.2 Å². The van der Waals surface area contributed by atoms with Crippen molar-refractivity contribution in [1.29, 1.82) is 0 Å². The highest BCUT2D eigenvalue weighted by Crippen LogP contribution is 2.34.